The van der Waals surface area contributed by atoms with Gasteiger partial charge in [0.25, 0.3) is 0 Å². The molecule has 16 heavy (non-hydrogen) atoms. The maximum Gasteiger partial charge on any atom is 0.161 e. The molecule has 1 aliphatic rings. The van der Waals surface area contributed by atoms with Crippen molar-refractivity contribution in [3.63, 3.8) is 0 Å². The van der Waals surface area contributed by atoms with Gasteiger partial charge in [0.15, 0.2) is 11.5 Å². The summed E-state index contributed by atoms with van der Waals surface area (Å²) in [5.74, 6) is 1.60. The molecule has 0 bridgehead atoms. The zero-order valence-corrected chi connectivity index (χ0v) is 10.5. The molecule has 2 rings (SSSR count). The van der Waals surface area contributed by atoms with Gasteiger partial charge in [-0.05, 0) is 37.1 Å². The van der Waals surface area contributed by atoms with Gasteiger partial charge in [0.2, 0.25) is 0 Å². The van der Waals surface area contributed by atoms with E-state index >= 15 is 0 Å². The minimum Gasteiger partial charge on any atom is -0.493 e. The minimum absolute atomic E-state index is 0. The Morgan fingerprint density at radius 1 is 1.19 bits per heavy atom. The fourth-order valence-corrected chi connectivity index (χ4v) is 2.04. The first-order valence-electron chi connectivity index (χ1n) is 5.30. The zero-order chi connectivity index (χ0) is 10.7. The van der Waals surface area contributed by atoms with Crippen LogP contribution in [0.2, 0.25) is 0 Å². The van der Waals surface area contributed by atoms with Gasteiger partial charge < -0.3 is 14.8 Å². The van der Waals surface area contributed by atoms with E-state index in [-0.39, 0.29) is 12.4 Å². The van der Waals surface area contributed by atoms with E-state index in [1.807, 2.05) is 6.07 Å². The van der Waals surface area contributed by atoms with E-state index < -0.39 is 0 Å². The van der Waals surface area contributed by atoms with E-state index in [9.17, 15) is 0 Å². The molecule has 0 spiro atoms. The number of ether oxygens (including phenoxy) is 2. The lowest BCUT2D eigenvalue weighted by molar-refractivity contribution is 0.354. The van der Waals surface area contributed by atoms with Crippen molar-refractivity contribution in [3.05, 3.63) is 23.8 Å². The van der Waals surface area contributed by atoms with Crippen molar-refractivity contribution in [3.8, 4) is 11.5 Å². The van der Waals surface area contributed by atoms with Crippen LogP contribution in [0.5, 0.6) is 11.5 Å². The van der Waals surface area contributed by atoms with Crippen molar-refractivity contribution in [2.75, 3.05) is 20.8 Å². The largest absolute Gasteiger partial charge is 0.493 e. The molecule has 90 valence electrons. The van der Waals surface area contributed by atoms with Crippen molar-refractivity contribution >= 4 is 12.4 Å². The van der Waals surface area contributed by atoms with Crippen molar-refractivity contribution < 1.29 is 9.47 Å². The molecule has 1 unspecified atom stereocenters. The van der Waals surface area contributed by atoms with Gasteiger partial charge in [-0.25, -0.2) is 0 Å². The Morgan fingerprint density at radius 3 is 2.50 bits per heavy atom. The van der Waals surface area contributed by atoms with Crippen LogP contribution in [0.25, 0.3) is 0 Å². The number of nitrogens with one attached hydrogen (secondary N) is 1. The van der Waals surface area contributed by atoms with Crippen LogP contribution < -0.4 is 14.8 Å². The Balaban J connectivity index is 0.00000128. The summed E-state index contributed by atoms with van der Waals surface area (Å²) >= 11 is 0. The molecule has 3 nitrogen and oxygen atoms in total. The number of methoxy groups -OCH3 is 2. The van der Waals surface area contributed by atoms with E-state index in [0.29, 0.717) is 6.04 Å². The van der Waals surface area contributed by atoms with Crippen LogP contribution >= 0.6 is 12.4 Å². The molecule has 4 heteroatoms. The van der Waals surface area contributed by atoms with Gasteiger partial charge in [0.1, 0.15) is 0 Å². The summed E-state index contributed by atoms with van der Waals surface area (Å²) in [7, 11) is 3.33. The summed E-state index contributed by atoms with van der Waals surface area (Å²) in [5, 5.41) is 3.47. The van der Waals surface area contributed by atoms with Crippen LogP contribution in [0, 0.1) is 0 Å². The Bertz CT molecular complexity index is 338. The predicted molar refractivity (Wildman–Crippen MR) is 66.8 cm³/mol. The van der Waals surface area contributed by atoms with Crippen LogP contribution in [-0.4, -0.2) is 20.8 Å². The second-order valence-electron chi connectivity index (χ2n) is 3.76. The van der Waals surface area contributed by atoms with Gasteiger partial charge in [-0.1, -0.05) is 6.07 Å². The molecular formula is C12H18ClNO2. The highest BCUT2D eigenvalue weighted by molar-refractivity contribution is 5.85. The van der Waals surface area contributed by atoms with Crippen LogP contribution in [0.4, 0.5) is 0 Å². The molecule has 1 aromatic carbocycles. The van der Waals surface area contributed by atoms with Gasteiger partial charge in [0.05, 0.1) is 14.2 Å². The zero-order valence-electron chi connectivity index (χ0n) is 9.66. The maximum absolute atomic E-state index is 5.28. The van der Waals surface area contributed by atoms with E-state index in [1.165, 1.54) is 18.4 Å². The van der Waals surface area contributed by atoms with Crippen LogP contribution in [-0.2, 0) is 0 Å². The first-order valence-corrected chi connectivity index (χ1v) is 5.30. The summed E-state index contributed by atoms with van der Waals surface area (Å²) in [6, 6.07) is 6.60. The second-order valence-corrected chi connectivity index (χ2v) is 3.76. The van der Waals surface area contributed by atoms with Crippen molar-refractivity contribution in [2.24, 2.45) is 0 Å². The minimum atomic E-state index is 0. The van der Waals surface area contributed by atoms with Crippen LogP contribution in [0.1, 0.15) is 24.4 Å². The third-order valence-corrected chi connectivity index (χ3v) is 2.87. The highest BCUT2D eigenvalue weighted by Crippen LogP contribution is 2.32. The quantitative estimate of drug-likeness (QED) is 0.885. The normalized spacial score (nSPS) is 19.0. The van der Waals surface area contributed by atoms with Crippen molar-refractivity contribution in [1.82, 2.24) is 5.32 Å². The molecule has 1 aliphatic heterocycles. The van der Waals surface area contributed by atoms with E-state index in [4.69, 9.17) is 9.47 Å². The molecule has 1 atom stereocenters. The first-order chi connectivity index (χ1) is 7.35. The smallest absolute Gasteiger partial charge is 0.161 e. The summed E-state index contributed by atoms with van der Waals surface area (Å²) in [6.45, 7) is 1.11. The molecule has 1 heterocycles. The predicted octanol–water partition coefficient (Wildman–Crippen LogP) is 2.55. The lowest BCUT2D eigenvalue weighted by Crippen LogP contribution is -2.12. The number of hydrogen-bond donors (Lipinski definition) is 1. The average molecular weight is 244 g/mol. The monoisotopic (exact) mass is 243 g/mol. The molecule has 0 radical (unpaired) electrons. The summed E-state index contributed by atoms with van der Waals surface area (Å²) in [6.07, 6.45) is 2.45. The molecule has 1 fully saturated rings. The highest BCUT2D eigenvalue weighted by atomic mass is 35.5. The number of halogens is 1. The maximum atomic E-state index is 5.28. The molecule has 0 saturated carbocycles. The molecular weight excluding hydrogens is 226 g/mol. The summed E-state index contributed by atoms with van der Waals surface area (Å²) in [5.41, 5.74) is 1.28. The van der Waals surface area contributed by atoms with E-state index in [2.05, 4.69) is 17.4 Å². The third-order valence-electron chi connectivity index (χ3n) is 2.87. The second kappa shape index (κ2) is 5.97. The number of hydrogen-bond acceptors (Lipinski definition) is 3. The lowest BCUT2D eigenvalue weighted by Gasteiger charge is -2.14. The van der Waals surface area contributed by atoms with Gasteiger partial charge in [-0.3, -0.25) is 0 Å². The Hall–Kier alpha value is -0.930. The van der Waals surface area contributed by atoms with Crippen LogP contribution in [0.15, 0.2) is 18.2 Å². The SMILES string of the molecule is COc1ccc(C2CCCN2)cc1OC.Cl. The molecule has 1 saturated heterocycles. The first kappa shape index (κ1) is 13.1. The number of rotatable bonds is 3. The van der Waals surface area contributed by atoms with Gasteiger partial charge >= 0.3 is 0 Å². The topological polar surface area (TPSA) is 30.5 Å². The van der Waals surface area contributed by atoms with Crippen molar-refractivity contribution in [2.45, 2.75) is 18.9 Å². The van der Waals surface area contributed by atoms with Crippen molar-refractivity contribution in [1.29, 1.82) is 0 Å². The van der Waals surface area contributed by atoms with E-state index in [1.54, 1.807) is 14.2 Å². The molecule has 0 aliphatic carbocycles. The summed E-state index contributed by atoms with van der Waals surface area (Å²) in [4.78, 5) is 0. The number of benzene rings is 1. The Labute approximate surface area is 103 Å². The fraction of sp³-hybridized carbons (Fsp3) is 0.500. The molecule has 1 N–H and O–H groups in total. The Kier molecular flexibility index (Phi) is 4.90. The third kappa shape index (κ3) is 2.60. The molecule has 0 amide bonds. The fourth-order valence-electron chi connectivity index (χ4n) is 2.04. The van der Waals surface area contributed by atoms with Gasteiger partial charge in [0, 0.05) is 6.04 Å². The highest BCUT2D eigenvalue weighted by Gasteiger charge is 2.17. The summed E-state index contributed by atoms with van der Waals surface area (Å²) < 4.78 is 10.5. The van der Waals surface area contributed by atoms with Gasteiger partial charge in [-0.15, -0.1) is 12.4 Å². The average Bonchev–Trinajstić information content (AvgIpc) is 2.81. The lowest BCUT2D eigenvalue weighted by atomic mass is 10.0. The molecule has 0 aromatic heterocycles. The standard InChI is InChI=1S/C12H17NO2.ClH/c1-14-11-6-5-9(8-12(11)15-2)10-4-3-7-13-10;/h5-6,8,10,13H,3-4,7H2,1-2H3;1H. The van der Waals surface area contributed by atoms with Crippen LogP contribution in [0.3, 0.4) is 0 Å². The van der Waals surface area contributed by atoms with Gasteiger partial charge in [-0.2, -0.15) is 0 Å². The Morgan fingerprint density at radius 2 is 1.94 bits per heavy atom. The molecule has 1 aromatic rings. The van der Waals surface area contributed by atoms with E-state index in [0.717, 1.165) is 18.0 Å².